The zero-order valence-corrected chi connectivity index (χ0v) is 17.7. The maximum Gasteiger partial charge on any atom is 0.234 e. The number of hydrogen-bond donors (Lipinski definition) is 2. The summed E-state index contributed by atoms with van der Waals surface area (Å²) in [6, 6.07) is 23.0. The van der Waals surface area contributed by atoms with Crippen LogP contribution in [0.15, 0.2) is 78.0 Å². The molecule has 0 radical (unpaired) electrons. The fraction of sp³-hybridized carbons (Fsp3) is 0.130. The molecule has 7 nitrogen and oxygen atoms in total. The van der Waals surface area contributed by atoms with E-state index in [1.807, 2.05) is 72.8 Å². The third-order valence-electron chi connectivity index (χ3n) is 4.70. The first-order chi connectivity index (χ1) is 15.1. The van der Waals surface area contributed by atoms with Crippen LogP contribution in [0.1, 0.15) is 5.82 Å². The number of benzene rings is 3. The minimum Gasteiger partial charge on any atom is -0.326 e. The van der Waals surface area contributed by atoms with E-state index in [-0.39, 0.29) is 24.0 Å². The van der Waals surface area contributed by atoms with Crippen molar-refractivity contribution in [2.75, 3.05) is 16.4 Å². The number of anilines is 2. The topological polar surface area (TPSA) is 88.9 Å². The predicted molar refractivity (Wildman–Crippen MR) is 123 cm³/mol. The van der Waals surface area contributed by atoms with Crippen LogP contribution in [0.25, 0.3) is 10.8 Å². The fourth-order valence-corrected chi connectivity index (χ4v) is 3.88. The third kappa shape index (κ3) is 5.10. The van der Waals surface area contributed by atoms with Gasteiger partial charge < -0.3 is 15.2 Å². The van der Waals surface area contributed by atoms with Crippen molar-refractivity contribution in [2.24, 2.45) is 7.05 Å². The van der Waals surface area contributed by atoms with E-state index in [1.165, 1.54) is 11.8 Å². The SMILES string of the molecule is Cn1c(CC(=O)Nc2ccccc2)nnc1SCC(=O)Nc1cccc2ccccc12. The third-order valence-corrected chi connectivity index (χ3v) is 5.72. The van der Waals surface area contributed by atoms with Crippen molar-refractivity contribution in [3.63, 3.8) is 0 Å². The van der Waals surface area contributed by atoms with Crippen LogP contribution in [0.2, 0.25) is 0 Å². The summed E-state index contributed by atoms with van der Waals surface area (Å²) in [6.45, 7) is 0. The van der Waals surface area contributed by atoms with Gasteiger partial charge in [0.15, 0.2) is 5.16 Å². The van der Waals surface area contributed by atoms with Gasteiger partial charge in [0, 0.05) is 23.8 Å². The summed E-state index contributed by atoms with van der Waals surface area (Å²) in [5.74, 6) is 0.413. The Morgan fingerprint density at radius 1 is 0.871 bits per heavy atom. The molecule has 0 fully saturated rings. The lowest BCUT2D eigenvalue weighted by Gasteiger charge is -2.09. The molecule has 31 heavy (non-hydrogen) atoms. The molecular formula is C23H21N5O2S. The molecule has 4 rings (SSSR count). The van der Waals surface area contributed by atoms with Gasteiger partial charge in [-0.2, -0.15) is 0 Å². The molecule has 2 N–H and O–H groups in total. The molecule has 3 aromatic carbocycles. The highest BCUT2D eigenvalue weighted by atomic mass is 32.2. The Kier molecular flexibility index (Phi) is 6.28. The van der Waals surface area contributed by atoms with Gasteiger partial charge in [0.05, 0.1) is 12.2 Å². The molecule has 0 atom stereocenters. The molecule has 0 unspecified atom stereocenters. The van der Waals surface area contributed by atoms with Gasteiger partial charge in [-0.3, -0.25) is 9.59 Å². The van der Waals surface area contributed by atoms with Gasteiger partial charge in [0.2, 0.25) is 11.8 Å². The van der Waals surface area contributed by atoms with E-state index in [9.17, 15) is 9.59 Å². The quantitative estimate of drug-likeness (QED) is 0.434. The van der Waals surface area contributed by atoms with E-state index >= 15 is 0 Å². The maximum atomic E-state index is 12.5. The number of para-hydroxylation sites is 1. The molecule has 0 spiro atoms. The molecule has 1 heterocycles. The highest BCUT2D eigenvalue weighted by Gasteiger charge is 2.15. The van der Waals surface area contributed by atoms with Crippen LogP contribution in [-0.4, -0.2) is 32.3 Å². The predicted octanol–water partition coefficient (Wildman–Crippen LogP) is 3.88. The Hall–Kier alpha value is -3.65. The number of carbonyl (C=O) groups excluding carboxylic acids is 2. The number of amides is 2. The zero-order chi connectivity index (χ0) is 21.6. The molecular weight excluding hydrogens is 410 g/mol. The number of fused-ring (bicyclic) bond motifs is 1. The Bertz CT molecular complexity index is 1220. The molecule has 0 bridgehead atoms. The molecule has 0 saturated heterocycles. The Morgan fingerprint density at radius 2 is 1.61 bits per heavy atom. The minimum atomic E-state index is -0.174. The van der Waals surface area contributed by atoms with Crippen LogP contribution < -0.4 is 10.6 Å². The van der Waals surface area contributed by atoms with Gasteiger partial charge in [0.25, 0.3) is 0 Å². The number of thioether (sulfide) groups is 1. The van der Waals surface area contributed by atoms with Crippen molar-refractivity contribution in [3.8, 4) is 0 Å². The largest absolute Gasteiger partial charge is 0.326 e. The first-order valence-electron chi connectivity index (χ1n) is 9.74. The van der Waals surface area contributed by atoms with Crippen molar-refractivity contribution in [3.05, 3.63) is 78.6 Å². The van der Waals surface area contributed by atoms with Crippen LogP contribution >= 0.6 is 11.8 Å². The number of hydrogen-bond acceptors (Lipinski definition) is 5. The Morgan fingerprint density at radius 3 is 2.45 bits per heavy atom. The number of aromatic nitrogens is 3. The summed E-state index contributed by atoms with van der Waals surface area (Å²) in [6.07, 6.45) is 0.0984. The molecule has 8 heteroatoms. The van der Waals surface area contributed by atoms with E-state index in [2.05, 4.69) is 20.8 Å². The highest BCUT2D eigenvalue weighted by molar-refractivity contribution is 7.99. The summed E-state index contributed by atoms with van der Waals surface area (Å²) in [4.78, 5) is 24.7. The van der Waals surface area contributed by atoms with Crippen molar-refractivity contribution < 1.29 is 9.59 Å². The monoisotopic (exact) mass is 431 g/mol. The second-order valence-corrected chi connectivity index (χ2v) is 7.85. The second-order valence-electron chi connectivity index (χ2n) is 6.91. The second kappa shape index (κ2) is 9.44. The van der Waals surface area contributed by atoms with Crippen LogP contribution in [0, 0.1) is 0 Å². The Labute approximate surface area is 183 Å². The highest BCUT2D eigenvalue weighted by Crippen LogP contribution is 2.24. The fourth-order valence-electron chi connectivity index (χ4n) is 3.15. The van der Waals surface area contributed by atoms with E-state index in [0.29, 0.717) is 11.0 Å². The lowest BCUT2D eigenvalue weighted by molar-refractivity contribution is -0.116. The summed E-state index contributed by atoms with van der Waals surface area (Å²) in [5.41, 5.74) is 1.51. The lowest BCUT2D eigenvalue weighted by Crippen LogP contribution is -2.17. The van der Waals surface area contributed by atoms with Crippen molar-refractivity contribution in [2.45, 2.75) is 11.6 Å². The number of nitrogens with zero attached hydrogens (tertiary/aromatic N) is 3. The molecule has 4 aromatic rings. The van der Waals surface area contributed by atoms with Crippen LogP contribution in [-0.2, 0) is 23.1 Å². The first kappa shape index (κ1) is 20.6. The van der Waals surface area contributed by atoms with Crippen molar-refractivity contribution >= 4 is 45.7 Å². The Balaban J connectivity index is 1.34. The molecule has 156 valence electrons. The van der Waals surface area contributed by atoms with Crippen molar-refractivity contribution in [1.82, 2.24) is 14.8 Å². The summed E-state index contributed by atoms with van der Waals surface area (Å²) < 4.78 is 1.74. The van der Waals surface area contributed by atoms with E-state index in [4.69, 9.17) is 0 Å². The normalized spacial score (nSPS) is 10.7. The van der Waals surface area contributed by atoms with Crippen LogP contribution in [0.4, 0.5) is 11.4 Å². The van der Waals surface area contributed by atoms with Gasteiger partial charge in [-0.05, 0) is 23.6 Å². The van der Waals surface area contributed by atoms with Crippen LogP contribution in [0.3, 0.4) is 0 Å². The summed E-state index contributed by atoms with van der Waals surface area (Å²) >= 11 is 1.28. The number of rotatable bonds is 7. The van der Waals surface area contributed by atoms with Gasteiger partial charge in [0.1, 0.15) is 5.82 Å². The summed E-state index contributed by atoms with van der Waals surface area (Å²) in [7, 11) is 1.79. The van der Waals surface area contributed by atoms with Crippen LogP contribution in [0.5, 0.6) is 0 Å². The van der Waals surface area contributed by atoms with Gasteiger partial charge >= 0.3 is 0 Å². The zero-order valence-electron chi connectivity index (χ0n) is 16.9. The van der Waals surface area contributed by atoms with Gasteiger partial charge in [-0.25, -0.2) is 0 Å². The maximum absolute atomic E-state index is 12.5. The number of nitrogens with one attached hydrogen (secondary N) is 2. The van der Waals surface area contributed by atoms with Crippen molar-refractivity contribution in [1.29, 1.82) is 0 Å². The average Bonchev–Trinajstić information content (AvgIpc) is 3.12. The molecule has 1 aromatic heterocycles. The molecule has 0 aliphatic carbocycles. The number of carbonyl (C=O) groups is 2. The minimum absolute atomic E-state index is 0.0984. The molecule has 0 aliphatic rings. The average molecular weight is 432 g/mol. The smallest absolute Gasteiger partial charge is 0.234 e. The van der Waals surface area contributed by atoms with Gasteiger partial charge in [-0.1, -0.05) is 66.4 Å². The molecule has 0 aliphatic heterocycles. The lowest BCUT2D eigenvalue weighted by atomic mass is 10.1. The van der Waals surface area contributed by atoms with Gasteiger partial charge in [-0.15, -0.1) is 10.2 Å². The first-order valence-corrected chi connectivity index (χ1v) is 10.7. The van der Waals surface area contributed by atoms with E-state index in [1.54, 1.807) is 11.6 Å². The molecule has 2 amide bonds. The molecule has 0 saturated carbocycles. The summed E-state index contributed by atoms with van der Waals surface area (Å²) in [5, 5.41) is 16.7. The standard InChI is InChI=1S/C23H21N5O2S/c1-28-20(14-21(29)24-17-10-3-2-4-11-17)26-27-23(28)31-15-22(30)25-19-13-7-9-16-8-5-6-12-18(16)19/h2-13H,14-15H2,1H3,(H,24,29)(H,25,30). The van der Waals surface area contributed by atoms with E-state index in [0.717, 1.165) is 22.1 Å². The van der Waals surface area contributed by atoms with E-state index < -0.39 is 0 Å².